The number of carbonyl (C=O) groups excluding carboxylic acids is 1. The highest BCUT2D eigenvalue weighted by molar-refractivity contribution is 5.72. The van der Waals surface area contributed by atoms with Gasteiger partial charge in [-0.05, 0) is 31.2 Å². The number of carbonyl (C=O) groups is 1. The number of ether oxygens (including phenoxy) is 2. The van der Waals surface area contributed by atoms with Gasteiger partial charge >= 0.3 is 12.3 Å². The molecule has 0 amide bonds. The zero-order chi connectivity index (χ0) is 15.2. The monoisotopic (exact) mass is 291 g/mol. The molecule has 0 fully saturated rings. The van der Waals surface area contributed by atoms with E-state index in [1.807, 2.05) is 0 Å². The molecule has 0 aliphatic rings. The van der Waals surface area contributed by atoms with Crippen LogP contribution in [0.3, 0.4) is 0 Å². The summed E-state index contributed by atoms with van der Waals surface area (Å²) in [5.74, 6) is -0.959. The third-order valence-corrected chi connectivity index (χ3v) is 2.39. The molecule has 0 spiro atoms. The van der Waals surface area contributed by atoms with Crippen molar-refractivity contribution in [2.45, 2.75) is 20.2 Å². The van der Waals surface area contributed by atoms with Crippen molar-refractivity contribution in [3.63, 3.8) is 0 Å². The van der Waals surface area contributed by atoms with Gasteiger partial charge in [-0.15, -0.1) is 13.2 Å². The first-order valence-corrected chi connectivity index (χ1v) is 6.08. The quantitative estimate of drug-likeness (QED) is 0.818. The van der Waals surface area contributed by atoms with E-state index < -0.39 is 6.36 Å². The van der Waals surface area contributed by atoms with Crippen molar-refractivity contribution in [3.8, 4) is 5.75 Å². The van der Waals surface area contributed by atoms with Gasteiger partial charge < -0.3 is 14.8 Å². The summed E-state index contributed by atoms with van der Waals surface area (Å²) >= 11 is 0. The Hall–Kier alpha value is -1.92. The highest BCUT2D eigenvalue weighted by Gasteiger charge is 2.30. The van der Waals surface area contributed by atoms with Crippen LogP contribution in [0.1, 0.15) is 13.8 Å². The predicted octanol–water partition coefficient (Wildman–Crippen LogP) is 3.20. The van der Waals surface area contributed by atoms with Crippen LogP contribution >= 0.6 is 0 Å². The largest absolute Gasteiger partial charge is 0.573 e. The molecule has 1 unspecified atom stereocenters. The van der Waals surface area contributed by atoms with Crippen LogP contribution in [0, 0.1) is 5.92 Å². The molecule has 1 N–H and O–H groups in total. The number of rotatable bonds is 6. The highest BCUT2D eigenvalue weighted by Crippen LogP contribution is 2.23. The van der Waals surface area contributed by atoms with Gasteiger partial charge in [0.25, 0.3) is 0 Å². The maximum absolute atomic E-state index is 12.0. The number of anilines is 1. The van der Waals surface area contributed by atoms with Gasteiger partial charge in [0.1, 0.15) is 5.75 Å². The standard InChI is InChI=1S/C13H16F3NO3/c1-3-19-12(18)9(2)8-17-10-4-6-11(7-5-10)20-13(14,15)16/h4-7,9,17H,3,8H2,1-2H3. The molecule has 0 aliphatic carbocycles. The fourth-order valence-electron chi connectivity index (χ4n) is 1.41. The van der Waals surface area contributed by atoms with E-state index in [1.165, 1.54) is 24.3 Å². The van der Waals surface area contributed by atoms with Gasteiger partial charge in [0.2, 0.25) is 0 Å². The molecule has 4 nitrogen and oxygen atoms in total. The SMILES string of the molecule is CCOC(=O)C(C)CNc1ccc(OC(F)(F)F)cc1. The van der Waals surface area contributed by atoms with Crippen LogP contribution in [0.4, 0.5) is 18.9 Å². The summed E-state index contributed by atoms with van der Waals surface area (Å²) < 4.78 is 44.5. The van der Waals surface area contributed by atoms with Gasteiger partial charge in [0.05, 0.1) is 12.5 Å². The fourth-order valence-corrected chi connectivity index (χ4v) is 1.41. The highest BCUT2D eigenvalue weighted by atomic mass is 19.4. The van der Waals surface area contributed by atoms with Crippen molar-refractivity contribution in [1.29, 1.82) is 0 Å². The van der Waals surface area contributed by atoms with Crippen molar-refractivity contribution in [2.75, 3.05) is 18.5 Å². The molecule has 1 aromatic rings. The molecule has 0 saturated carbocycles. The molecule has 0 heterocycles. The summed E-state index contributed by atoms with van der Waals surface area (Å²) in [7, 11) is 0. The van der Waals surface area contributed by atoms with Gasteiger partial charge in [-0.1, -0.05) is 6.92 Å². The predicted molar refractivity (Wildman–Crippen MR) is 67.4 cm³/mol. The van der Waals surface area contributed by atoms with Crippen molar-refractivity contribution >= 4 is 11.7 Å². The van der Waals surface area contributed by atoms with E-state index in [-0.39, 0.29) is 17.6 Å². The van der Waals surface area contributed by atoms with Crippen molar-refractivity contribution in [1.82, 2.24) is 0 Å². The first kappa shape index (κ1) is 16.1. The second-order valence-corrected chi connectivity index (χ2v) is 4.11. The van der Waals surface area contributed by atoms with Crippen LogP contribution in [0.15, 0.2) is 24.3 Å². The molecule has 7 heteroatoms. The Bertz CT molecular complexity index is 431. The molecule has 20 heavy (non-hydrogen) atoms. The molecule has 1 rings (SSSR count). The summed E-state index contributed by atoms with van der Waals surface area (Å²) in [5, 5.41) is 2.94. The molecule has 0 aromatic heterocycles. The summed E-state index contributed by atoms with van der Waals surface area (Å²) in [6, 6.07) is 5.29. The Morgan fingerprint density at radius 2 is 1.90 bits per heavy atom. The number of hydrogen-bond donors (Lipinski definition) is 1. The first-order valence-electron chi connectivity index (χ1n) is 6.08. The molecular formula is C13H16F3NO3. The van der Waals surface area contributed by atoms with Crippen LogP contribution in [-0.2, 0) is 9.53 Å². The third-order valence-electron chi connectivity index (χ3n) is 2.39. The lowest BCUT2D eigenvalue weighted by atomic mass is 10.2. The Morgan fingerprint density at radius 1 is 1.30 bits per heavy atom. The number of alkyl halides is 3. The minimum absolute atomic E-state index is 0.290. The van der Waals surface area contributed by atoms with Gasteiger partial charge in [-0.3, -0.25) is 4.79 Å². The van der Waals surface area contributed by atoms with Crippen LogP contribution in [-0.4, -0.2) is 25.5 Å². The minimum Gasteiger partial charge on any atom is -0.466 e. The molecule has 1 atom stereocenters. The molecule has 112 valence electrons. The van der Waals surface area contributed by atoms with Gasteiger partial charge in [-0.25, -0.2) is 0 Å². The van der Waals surface area contributed by atoms with E-state index in [4.69, 9.17) is 4.74 Å². The lowest BCUT2D eigenvalue weighted by Gasteiger charge is -2.13. The Labute approximate surface area is 114 Å². The van der Waals surface area contributed by atoms with E-state index in [1.54, 1.807) is 13.8 Å². The zero-order valence-electron chi connectivity index (χ0n) is 11.2. The van der Waals surface area contributed by atoms with Crippen LogP contribution in [0.2, 0.25) is 0 Å². The number of nitrogens with one attached hydrogen (secondary N) is 1. The summed E-state index contributed by atoms with van der Waals surface area (Å²) in [5.41, 5.74) is 0.593. The molecular weight excluding hydrogens is 275 g/mol. The Balaban J connectivity index is 2.48. The maximum atomic E-state index is 12.0. The summed E-state index contributed by atoms with van der Waals surface area (Å²) in [4.78, 5) is 11.4. The van der Waals surface area contributed by atoms with Crippen LogP contribution in [0.25, 0.3) is 0 Å². The van der Waals surface area contributed by atoms with E-state index in [9.17, 15) is 18.0 Å². The van der Waals surface area contributed by atoms with E-state index in [2.05, 4.69) is 10.1 Å². The second kappa shape index (κ2) is 7.02. The van der Waals surface area contributed by atoms with Gasteiger partial charge in [0.15, 0.2) is 0 Å². The van der Waals surface area contributed by atoms with Gasteiger partial charge in [-0.2, -0.15) is 0 Å². The third kappa shape index (κ3) is 5.81. The topological polar surface area (TPSA) is 47.6 Å². The average Bonchev–Trinajstić information content (AvgIpc) is 2.36. The van der Waals surface area contributed by atoms with Crippen molar-refractivity contribution in [2.24, 2.45) is 5.92 Å². The average molecular weight is 291 g/mol. The number of halogens is 3. The summed E-state index contributed by atoms with van der Waals surface area (Å²) in [6.45, 7) is 4.06. The lowest BCUT2D eigenvalue weighted by Crippen LogP contribution is -2.22. The van der Waals surface area contributed by atoms with Crippen LogP contribution in [0.5, 0.6) is 5.75 Å². The van der Waals surface area contributed by atoms with E-state index in [0.29, 0.717) is 18.8 Å². The zero-order valence-corrected chi connectivity index (χ0v) is 11.2. The Morgan fingerprint density at radius 3 is 2.40 bits per heavy atom. The normalized spacial score (nSPS) is 12.7. The Kier molecular flexibility index (Phi) is 5.66. The van der Waals surface area contributed by atoms with Crippen LogP contribution < -0.4 is 10.1 Å². The number of hydrogen-bond acceptors (Lipinski definition) is 4. The second-order valence-electron chi connectivity index (χ2n) is 4.11. The number of esters is 1. The van der Waals surface area contributed by atoms with Gasteiger partial charge in [0, 0.05) is 12.2 Å². The molecule has 0 aliphatic heterocycles. The first-order chi connectivity index (χ1) is 9.31. The lowest BCUT2D eigenvalue weighted by molar-refractivity contribution is -0.274. The fraction of sp³-hybridized carbons (Fsp3) is 0.462. The molecule has 1 aromatic carbocycles. The van der Waals surface area contributed by atoms with E-state index >= 15 is 0 Å². The smallest absolute Gasteiger partial charge is 0.466 e. The molecule has 0 bridgehead atoms. The molecule has 0 radical (unpaired) electrons. The van der Waals surface area contributed by atoms with E-state index in [0.717, 1.165) is 0 Å². The minimum atomic E-state index is -4.70. The van der Waals surface area contributed by atoms with Crippen molar-refractivity contribution in [3.05, 3.63) is 24.3 Å². The van der Waals surface area contributed by atoms with Crippen molar-refractivity contribution < 1.29 is 27.4 Å². The maximum Gasteiger partial charge on any atom is 0.573 e. The summed E-state index contributed by atoms with van der Waals surface area (Å²) in [6.07, 6.45) is -4.70. The number of benzene rings is 1. The molecule has 0 saturated heterocycles.